The molecule has 7 nitrogen and oxygen atoms in total. The summed E-state index contributed by atoms with van der Waals surface area (Å²) in [7, 11) is 1.38. The predicted octanol–water partition coefficient (Wildman–Crippen LogP) is 3.09. The van der Waals surface area contributed by atoms with Gasteiger partial charge in [-0.2, -0.15) is 13.2 Å². The van der Waals surface area contributed by atoms with Crippen LogP contribution in [0.4, 0.5) is 23.7 Å². The first-order chi connectivity index (χ1) is 13.6. The molecule has 1 saturated heterocycles. The molecule has 0 bridgehead atoms. The van der Waals surface area contributed by atoms with Crippen LogP contribution in [-0.4, -0.2) is 36.8 Å². The van der Waals surface area contributed by atoms with Crippen molar-refractivity contribution in [1.82, 2.24) is 10.6 Å². The molecule has 1 atom stereocenters. The van der Waals surface area contributed by atoms with Gasteiger partial charge >= 0.3 is 12.2 Å². The summed E-state index contributed by atoms with van der Waals surface area (Å²) < 4.78 is 46.6. The number of benzene rings is 2. The van der Waals surface area contributed by atoms with Crippen LogP contribution < -0.4 is 20.3 Å². The first-order valence-corrected chi connectivity index (χ1v) is 8.43. The smallest absolute Gasteiger partial charge is 0.440 e. The molecule has 2 aromatic rings. The number of methoxy groups -OCH3 is 1. The number of rotatable bonds is 4. The number of nitrogens with zero attached hydrogens (tertiary/aromatic N) is 1. The maximum Gasteiger partial charge on any atom is 0.440 e. The largest absolute Gasteiger partial charge is 0.497 e. The molecule has 3 rings (SSSR count). The molecule has 4 amide bonds. The van der Waals surface area contributed by atoms with E-state index in [1.54, 1.807) is 10.6 Å². The highest BCUT2D eigenvalue weighted by atomic mass is 35.5. The van der Waals surface area contributed by atoms with Crippen LogP contribution in [0, 0.1) is 0 Å². The Balaban J connectivity index is 2.00. The third-order valence-electron chi connectivity index (χ3n) is 4.20. The van der Waals surface area contributed by atoms with Crippen molar-refractivity contribution in [2.24, 2.45) is 0 Å². The number of ether oxygens (including phenoxy) is 1. The molecule has 2 N–H and O–H groups in total. The van der Waals surface area contributed by atoms with Crippen LogP contribution >= 0.6 is 11.6 Å². The molecule has 0 spiro atoms. The summed E-state index contributed by atoms with van der Waals surface area (Å²) >= 11 is 5.85. The van der Waals surface area contributed by atoms with E-state index in [0.717, 1.165) is 0 Å². The average molecular weight is 428 g/mol. The zero-order chi connectivity index (χ0) is 21.4. The Morgan fingerprint density at radius 3 is 2.31 bits per heavy atom. The normalized spacial score (nSPS) is 19.1. The number of imide groups is 1. The van der Waals surface area contributed by atoms with E-state index in [1.807, 2.05) is 0 Å². The van der Waals surface area contributed by atoms with E-state index in [9.17, 15) is 27.6 Å². The molecule has 0 saturated carbocycles. The summed E-state index contributed by atoms with van der Waals surface area (Å²) in [5.74, 6) is -2.62. The highest BCUT2D eigenvalue weighted by Crippen LogP contribution is 2.36. The molecule has 1 unspecified atom stereocenters. The summed E-state index contributed by atoms with van der Waals surface area (Å²) in [6, 6.07) is 9.21. The van der Waals surface area contributed by atoms with Gasteiger partial charge in [-0.15, -0.1) is 0 Å². The molecule has 1 fully saturated rings. The van der Waals surface area contributed by atoms with Gasteiger partial charge in [0.2, 0.25) is 0 Å². The van der Waals surface area contributed by atoms with Crippen LogP contribution in [0.5, 0.6) is 5.75 Å². The number of carbonyl (C=O) groups is 3. The summed E-state index contributed by atoms with van der Waals surface area (Å²) in [4.78, 5) is 37.7. The second kappa shape index (κ2) is 7.28. The number of anilines is 1. The van der Waals surface area contributed by atoms with Crippen LogP contribution in [0.2, 0.25) is 5.02 Å². The Morgan fingerprint density at radius 2 is 1.76 bits per heavy atom. The molecule has 1 heterocycles. The van der Waals surface area contributed by atoms with E-state index in [2.05, 4.69) is 0 Å². The second-order valence-electron chi connectivity index (χ2n) is 5.95. The second-order valence-corrected chi connectivity index (χ2v) is 6.36. The van der Waals surface area contributed by atoms with Crippen molar-refractivity contribution in [2.45, 2.75) is 11.8 Å². The van der Waals surface area contributed by atoms with Gasteiger partial charge in [0.25, 0.3) is 17.5 Å². The number of hydrogen-bond donors (Lipinski definition) is 2. The number of amides is 4. The number of nitrogens with one attached hydrogen (secondary N) is 2. The van der Waals surface area contributed by atoms with Gasteiger partial charge < -0.3 is 10.1 Å². The van der Waals surface area contributed by atoms with E-state index in [-0.39, 0.29) is 16.3 Å². The quantitative estimate of drug-likeness (QED) is 0.734. The number of alkyl halides is 3. The van der Waals surface area contributed by atoms with Crippen LogP contribution in [0.15, 0.2) is 48.5 Å². The molecule has 0 aliphatic carbocycles. The lowest BCUT2D eigenvalue weighted by molar-refractivity contribution is -0.197. The van der Waals surface area contributed by atoms with E-state index < -0.39 is 29.7 Å². The molecule has 152 valence electrons. The minimum Gasteiger partial charge on any atom is -0.497 e. The lowest BCUT2D eigenvalue weighted by Gasteiger charge is -2.30. The van der Waals surface area contributed by atoms with Crippen molar-refractivity contribution in [3.05, 3.63) is 59.1 Å². The van der Waals surface area contributed by atoms with Crippen molar-refractivity contribution in [3.8, 4) is 5.75 Å². The Bertz CT molecular complexity index is 981. The molecular weight excluding hydrogens is 415 g/mol. The van der Waals surface area contributed by atoms with Crippen LogP contribution in [0.1, 0.15) is 10.4 Å². The maximum atomic E-state index is 13.9. The van der Waals surface area contributed by atoms with Gasteiger partial charge in [0, 0.05) is 0 Å². The van der Waals surface area contributed by atoms with Gasteiger partial charge in [0.05, 0.1) is 23.4 Å². The van der Waals surface area contributed by atoms with E-state index in [4.69, 9.17) is 16.3 Å². The van der Waals surface area contributed by atoms with Crippen molar-refractivity contribution in [1.29, 1.82) is 0 Å². The van der Waals surface area contributed by atoms with Gasteiger partial charge in [0.1, 0.15) is 5.75 Å². The third kappa shape index (κ3) is 3.46. The van der Waals surface area contributed by atoms with Crippen LogP contribution in [0.3, 0.4) is 0 Å². The van der Waals surface area contributed by atoms with Crippen LogP contribution in [-0.2, 0) is 4.79 Å². The zero-order valence-corrected chi connectivity index (χ0v) is 15.5. The highest BCUT2D eigenvalue weighted by Gasteiger charge is 2.69. The maximum absolute atomic E-state index is 13.9. The predicted molar refractivity (Wildman–Crippen MR) is 96.7 cm³/mol. The van der Waals surface area contributed by atoms with Gasteiger partial charge in [-0.05, 0) is 36.4 Å². The SMILES string of the molecule is COc1ccc(N2C(=O)NC(NC(=O)c3ccccc3Cl)(C(F)(F)F)C2=O)cc1. The first kappa shape index (κ1) is 20.5. The minimum absolute atomic E-state index is 0.119. The summed E-state index contributed by atoms with van der Waals surface area (Å²) in [5.41, 5.74) is -4.07. The molecule has 0 radical (unpaired) electrons. The molecule has 1 aliphatic rings. The van der Waals surface area contributed by atoms with Crippen LogP contribution in [0.25, 0.3) is 0 Å². The summed E-state index contributed by atoms with van der Waals surface area (Å²) in [6.07, 6.45) is -5.34. The van der Waals surface area contributed by atoms with E-state index >= 15 is 0 Å². The van der Waals surface area contributed by atoms with E-state index in [1.165, 1.54) is 55.6 Å². The topological polar surface area (TPSA) is 87.7 Å². The summed E-state index contributed by atoms with van der Waals surface area (Å²) in [5, 5.41) is 3.04. The van der Waals surface area contributed by atoms with Gasteiger partial charge in [0.15, 0.2) is 0 Å². The van der Waals surface area contributed by atoms with Crippen molar-refractivity contribution in [3.63, 3.8) is 0 Å². The van der Waals surface area contributed by atoms with Crippen molar-refractivity contribution < 1.29 is 32.3 Å². The zero-order valence-electron chi connectivity index (χ0n) is 14.7. The van der Waals surface area contributed by atoms with Crippen molar-refractivity contribution >= 4 is 35.1 Å². The molecule has 0 aromatic heterocycles. The first-order valence-electron chi connectivity index (χ1n) is 8.05. The number of carbonyl (C=O) groups excluding carboxylic acids is 3. The monoisotopic (exact) mass is 427 g/mol. The molecule has 11 heteroatoms. The Morgan fingerprint density at radius 1 is 1.14 bits per heavy atom. The Hall–Kier alpha value is -3.27. The highest BCUT2D eigenvalue weighted by molar-refractivity contribution is 6.34. The fourth-order valence-corrected chi connectivity index (χ4v) is 2.95. The third-order valence-corrected chi connectivity index (χ3v) is 4.53. The number of hydrogen-bond acceptors (Lipinski definition) is 4. The lowest BCUT2D eigenvalue weighted by atomic mass is 10.1. The van der Waals surface area contributed by atoms with Gasteiger partial charge in [-0.3, -0.25) is 14.9 Å². The Kier molecular flexibility index (Phi) is 5.14. The number of halogens is 4. The van der Waals surface area contributed by atoms with Gasteiger partial charge in [-0.25, -0.2) is 9.69 Å². The minimum atomic E-state index is -5.34. The molecule has 2 aromatic carbocycles. The average Bonchev–Trinajstić information content (AvgIpc) is 2.92. The summed E-state index contributed by atoms with van der Waals surface area (Å²) in [6.45, 7) is 0. The van der Waals surface area contributed by atoms with Gasteiger partial charge in [-0.1, -0.05) is 23.7 Å². The molecule has 1 aliphatic heterocycles. The molecular formula is C18H13ClF3N3O4. The standard InChI is InChI=1S/C18H13ClF3N3O4/c1-29-11-8-6-10(7-9-11)25-15(27)17(18(20,21)22,24-16(25)28)23-14(26)12-4-2-3-5-13(12)19/h2-9H,1H3,(H,23,26)(H,24,28). The van der Waals surface area contributed by atoms with Crippen molar-refractivity contribution in [2.75, 3.05) is 12.0 Å². The number of urea groups is 1. The van der Waals surface area contributed by atoms with E-state index in [0.29, 0.717) is 10.6 Å². The molecule has 29 heavy (non-hydrogen) atoms. The lowest BCUT2D eigenvalue weighted by Crippen LogP contribution is -2.69. The Labute approximate surface area is 167 Å². The fourth-order valence-electron chi connectivity index (χ4n) is 2.73. The fraction of sp³-hybridized carbons (Fsp3) is 0.167.